The zero-order valence-corrected chi connectivity index (χ0v) is 16.5. The molecule has 1 N–H and O–H groups in total. The third kappa shape index (κ3) is 6.22. The van der Waals surface area contributed by atoms with E-state index in [-0.39, 0.29) is 30.6 Å². The van der Waals surface area contributed by atoms with Gasteiger partial charge in [0.15, 0.2) is 5.78 Å². The second kappa shape index (κ2) is 9.88. The summed E-state index contributed by atoms with van der Waals surface area (Å²) in [6.07, 6.45) is 0.347. The van der Waals surface area contributed by atoms with Gasteiger partial charge >= 0.3 is 0 Å². The van der Waals surface area contributed by atoms with Gasteiger partial charge in [-0.25, -0.2) is 0 Å². The first kappa shape index (κ1) is 20.6. The zero-order chi connectivity index (χ0) is 19.8. The summed E-state index contributed by atoms with van der Waals surface area (Å²) >= 11 is 0. The van der Waals surface area contributed by atoms with Crippen LogP contribution in [0.3, 0.4) is 0 Å². The van der Waals surface area contributed by atoms with Crippen molar-refractivity contribution in [3.8, 4) is 5.75 Å². The van der Waals surface area contributed by atoms with Crippen LogP contribution in [0.1, 0.15) is 40.4 Å². The van der Waals surface area contributed by atoms with E-state index in [1.165, 1.54) is 5.56 Å². The lowest BCUT2D eigenvalue weighted by Crippen LogP contribution is -2.34. The fourth-order valence-electron chi connectivity index (χ4n) is 2.85. The molecule has 5 nitrogen and oxygen atoms in total. The molecule has 144 valence electrons. The van der Waals surface area contributed by atoms with E-state index >= 15 is 0 Å². The molecule has 2 aromatic rings. The zero-order valence-electron chi connectivity index (χ0n) is 16.5. The van der Waals surface area contributed by atoms with Crippen LogP contribution in [0, 0.1) is 6.92 Å². The summed E-state index contributed by atoms with van der Waals surface area (Å²) in [6, 6.07) is 15.4. The van der Waals surface area contributed by atoms with Crippen LogP contribution in [0.25, 0.3) is 0 Å². The Balaban J connectivity index is 1.86. The minimum Gasteiger partial charge on any atom is -0.497 e. The predicted octanol–water partition coefficient (Wildman–Crippen LogP) is 3.39. The standard InChI is InChI=1S/C22H28N2O3/c1-16-8-10-17(11-9-16)20(24(2)3)15-23-22(26)13-12-21(25)18-6-5-7-19(14-18)27-4/h5-11,14,20H,12-13,15H2,1-4H3,(H,23,26). The number of Topliss-reactive ketones (excluding diaryl/α,β-unsaturated/α-hetero) is 1. The number of ether oxygens (including phenoxy) is 1. The summed E-state index contributed by atoms with van der Waals surface area (Å²) in [4.78, 5) is 26.6. The van der Waals surface area contributed by atoms with Gasteiger partial charge in [0.1, 0.15) is 5.75 Å². The first-order valence-corrected chi connectivity index (χ1v) is 9.07. The molecule has 0 aliphatic rings. The van der Waals surface area contributed by atoms with Gasteiger partial charge in [-0.1, -0.05) is 42.0 Å². The Morgan fingerprint density at radius 2 is 1.78 bits per heavy atom. The third-order valence-electron chi connectivity index (χ3n) is 4.55. The van der Waals surface area contributed by atoms with Crippen molar-refractivity contribution in [3.05, 3.63) is 65.2 Å². The summed E-state index contributed by atoms with van der Waals surface area (Å²) < 4.78 is 5.13. The number of likely N-dealkylation sites (N-methyl/N-ethyl adjacent to an activating group) is 1. The average molecular weight is 368 g/mol. The molecule has 1 unspecified atom stereocenters. The number of aryl methyl sites for hydroxylation is 1. The maximum absolute atomic E-state index is 12.3. The van der Waals surface area contributed by atoms with Gasteiger partial charge in [0.05, 0.1) is 13.2 Å². The molecule has 1 amide bonds. The van der Waals surface area contributed by atoms with Crippen molar-refractivity contribution in [2.75, 3.05) is 27.7 Å². The van der Waals surface area contributed by atoms with Crippen molar-refractivity contribution in [3.63, 3.8) is 0 Å². The average Bonchev–Trinajstić information content (AvgIpc) is 2.67. The molecule has 0 saturated heterocycles. The van der Waals surface area contributed by atoms with Gasteiger partial charge < -0.3 is 15.0 Å². The topological polar surface area (TPSA) is 58.6 Å². The monoisotopic (exact) mass is 368 g/mol. The van der Waals surface area contributed by atoms with Crippen molar-refractivity contribution in [1.29, 1.82) is 0 Å². The van der Waals surface area contributed by atoms with Crippen LogP contribution >= 0.6 is 0 Å². The third-order valence-corrected chi connectivity index (χ3v) is 4.55. The second-order valence-electron chi connectivity index (χ2n) is 6.85. The van der Waals surface area contributed by atoms with Crippen LogP contribution in [0.15, 0.2) is 48.5 Å². The Morgan fingerprint density at radius 1 is 1.07 bits per heavy atom. The molecule has 5 heteroatoms. The number of amides is 1. The van der Waals surface area contributed by atoms with E-state index in [9.17, 15) is 9.59 Å². The Morgan fingerprint density at radius 3 is 2.41 bits per heavy atom. The molecule has 0 spiro atoms. The van der Waals surface area contributed by atoms with E-state index in [1.54, 1.807) is 31.4 Å². The molecule has 0 aromatic heterocycles. The number of nitrogens with zero attached hydrogens (tertiary/aromatic N) is 1. The van der Waals surface area contributed by atoms with Gasteiger partial charge in [0.25, 0.3) is 0 Å². The molecular formula is C22H28N2O3. The summed E-state index contributed by atoms with van der Waals surface area (Å²) in [5.74, 6) is 0.453. The van der Waals surface area contributed by atoms with E-state index in [0.717, 1.165) is 5.56 Å². The van der Waals surface area contributed by atoms with E-state index in [2.05, 4.69) is 41.4 Å². The smallest absolute Gasteiger partial charge is 0.220 e. The highest BCUT2D eigenvalue weighted by atomic mass is 16.5. The lowest BCUT2D eigenvalue weighted by molar-refractivity contribution is -0.121. The maximum Gasteiger partial charge on any atom is 0.220 e. The van der Waals surface area contributed by atoms with Gasteiger partial charge in [-0.3, -0.25) is 9.59 Å². The van der Waals surface area contributed by atoms with E-state index in [4.69, 9.17) is 4.74 Å². The highest BCUT2D eigenvalue weighted by Crippen LogP contribution is 2.18. The lowest BCUT2D eigenvalue weighted by atomic mass is 10.0. The van der Waals surface area contributed by atoms with E-state index < -0.39 is 0 Å². The second-order valence-corrected chi connectivity index (χ2v) is 6.85. The number of rotatable bonds is 9. The Kier molecular flexibility index (Phi) is 7.55. The van der Waals surface area contributed by atoms with Crippen molar-refractivity contribution >= 4 is 11.7 Å². The summed E-state index contributed by atoms with van der Waals surface area (Å²) in [6.45, 7) is 2.55. The first-order valence-electron chi connectivity index (χ1n) is 9.07. The summed E-state index contributed by atoms with van der Waals surface area (Å²) in [5, 5.41) is 2.95. The Bertz CT molecular complexity index is 769. The predicted molar refractivity (Wildman–Crippen MR) is 107 cm³/mol. The number of hydrogen-bond donors (Lipinski definition) is 1. The van der Waals surface area contributed by atoms with Gasteiger partial charge in [-0.05, 0) is 38.7 Å². The number of benzene rings is 2. The Hall–Kier alpha value is -2.66. The molecule has 0 saturated carbocycles. The van der Waals surface area contributed by atoms with Crippen molar-refractivity contribution in [2.24, 2.45) is 0 Å². The molecule has 0 radical (unpaired) electrons. The fraction of sp³-hybridized carbons (Fsp3) is 0.364. The SMILES string of the molecule is COc1cccc(C(=O)CCC(=O)NCC(c2ccc(C)cc2)N(C)C)c1. The molecular weight excluding hydrogens is 340 g/mol. The first-order chi connectivity index (χ1) is 12.9. The highest BCUT2D eigenvalue weighted by molar-refractivity contribution is 5.98. The maximum atomic E-state index is 12.3. The molecule has 0 aliphatic carbocycles. The molecule has 0 bridgehead atoms. The molecule has 0 heterocycles. The minimum atomic E-state index is -0.120. The number of hydrogen-bond acceptors (Lipinski definition) is 4. The van der Waals surface area contributed by atoms with Gasteiger partial charge in [-0.15, -0.1) is 0 Å². The molecule has 0 fully saturated rings. The molecule has 27 heavy (non-hydrogen) atoms. The van der Waals surface area contributed by atoms with Crippen molar-refractivity contribution < 1.29 is 14.3 Å². The molecule has 0 aliphatic heterocycles. The van der Waals surface area contributed by atoms with Crippen LogP contribution in [0.5, 0.6) is 5.75 Å². The number of carbonyl (C=O) groups is 2. The number of ketones is 1. The quantitative estimate of drug-likeness (QED) is 0.690. The van der Waals surface area contributed by atoms with Gasteiger partial charge in [-0.2, -0.15) is 0 Å². The van der Waals surface area contributed by atoms with Crippen LogP contribution in [-0.4, -0.2) is 44.3 Å². The van der Waals surface area contributed by atoms with Crippen molar-refractivity contribution in [1.82, 2.24) is 10.2 Å². The van der Waals surface area contributed by atoms with E-state index in [1.807, 2.05) is 14.1 Å². The normalized spacial score (nSPS) is 11.9. The molecule has 2 rings (SSSR count). The fourth-order valence-corrected chi connectivity index (χ4v) is 2.85. The summed E-state index contributed by atoms with van der Waals surface area (Å²) in [7, 11) is 5.54. The highest BCUT2D eigenvalue weighted by Gasteiger charge is 2.16. The van der Waals surface area contributed by atoms with Crippen molar-refractivity contribution in [2.45, 2.75) is 25.8 Å². The molecule has 2 aromatic carbocycles. The van der Waals surface area contributed by atoms with Crippen LogP contribution in [-0.2, 0) is 4.79 Å². The number of nitrogens with one attached hydrogen (secondary N) is 1. The van der Waals surface area contributed by atoms with Gasteiger partial charge in [0, 0.05) is 24.9 Å². The largest absolute Gasteiger partial charge is 0.497 e. The molecule has 1 atom stereocenters. The summed E-state index contributed by atoms with van der Waals surface area (Å²) in [5.41, 5.74) is 2.92. The van der Waals surface area contributed by atoms with Crippen LogP contribution in [0.4, 0.5) is 0 Å². The minimum absolute atomic E-state index is 0.0632. The van der Waals surface area contributed by atoms with Crippen LogP contribution in [0.2, 0.25) is 0 Å². The van der Waals surface area contributed by atoms with Crippen LogP contribution < -0.4 is 10.1 Å². The van der Waals surface area contributed by atoms with Gasteiger partial charge in [0.2, 0.25) is 5.91 Å². The number of methoxy groups -OCH3 is 1. The number of carbonyl (C=O) groups excluding carboxylic acids is 2. The van der Waals surface area contributed by atoms with E-state index in [0.29, 0.717) is 17.9 Å². The lowest BCUT2D eigenvalue weighted by Gasteiger charge is -2.25. The Labute approximate surface area is 161 Å².